The Morgan fingerprint density at radius 3 is 2.43 bits per heavy atom. The summed E-state index contributed by atoms with van der Waals surface area (Å²) in [5.74, 6) is 0.295. The molecule has 0 aromatic heterocycles. The summed E-state index contributed by atoms with van der Waals surface area (Å²) in [5.41, 5.74) is 3.61. The van der Waals surface area contributed by atoms with Crippen LogP contribution in [0.3, 0.4) is 0 Å². The van der Waals surface area contributed by atoms with Gasteiger partial charge >= 0.3 is 0 Å². The van der Waals surface area contributed by atoms with Gasteiger partial charge in [0.2, 0.25) is 0 Å². The largest absolute Gasteiger partial charge is 0.489 e. The second-order valence-corrected chi connectivity index (χ2v) is 7.53. The van der Waals surface area contributed by atoms with E-state index in [0.29, 0.717) is 6.61 Å². The van der Waals surface area contributed by atoms with Crippen molar-refractivity contribution in [3.05, 3.63) is 99.5 Å². The summed E-state index contributed by atoms with van der Waals surface area (Å²) < 4.78 is 6.82. The molecule has 5 heteroatoms. The number of amides is 1. The van der Waals surface area contributed by atoms with Gasteiger partial charge in [-0.1, -0.05) is 65.3 Å². The molecule has 0 saturated carbocycles. The zero-order valence-corrected chi connectivity index (χ0v) is 18.1. The second kappa shape index (κ2) is 10.4. The minimum atomic E-state index is -0.422. The first-order valence-corrected chi connectivity index (χ1v) is 10.4. The van der Waals surface area contributed by atoms with Crippen molar-refractivity contribution in [2.24, 2.45) is 0 Å². The Morgan fingerprint density at radius 2 is 1.77 bits per heavy atom. The van der Waals surface area contributed by atoms with E-state index in [1.807, 2.05) is 85.8 Å². The van der Waals surface area contributed by atoms with E-state index in [2.05, 4.69) is 21.2 Å². The molecule has 0 saturated heterocycles. The molecular formula is C25H21BrN2O2. The molecule has 4 nitrogen and oxygen atoms in total. The molecule has 0 aliphatic rings. The zero-order valence-electron chi connectivity index (χ0n) is 16.6. The summed E-state index contributed by atoms with van der Waals surface area (Å²) in [7, 11) is 0. The lowest BCUT2D eigenvalue weighted by atomic mass is 10.1. The first kappa shape index (κ1) is 21.4. The molecule has 150 valence electrons. The highest BCUT2D eigenvalue weighted by molar-refractivity contribution is 9.10. The first-order valence-electron chi connectivity index (χ1n) is 9.57. The van der Waals surface area contributed by atoms with Gasteiger partial charge in [-0.15, -0.1) is 0 Å². The maximum absolute atomic E-state index is 12.5. The van der Waals surface area contributed by atoms with E-state index >= 15 is 0 Å². The van der Waals surface area contributed by atoms with E-state index in [9.17, 15) is 10.1 Å². The van der Waals surface area contributed by atoms with Crippen LogP contribution in [0.2, 0.25) is 0 Å². The van der Waals surface area contributed by atoms with Crippen LogP contribution in [-0.4, -0.2) is 5.91 Å². The average Bonchev–Trinajstić information content (AvgIpc) is 2.78. The minimum Gasteiger partial charge on any atom is -0.489 e. The molecule has 0 bridgehead atoms. The fraction of sp³-hybridized carbons (Fsp3) is 0.120. The molecule has 3 rings (SSSR count). The van der Waals surface area contributed by atoms with E-state index in [4.69, 9.17) is 4.74 Å². The topological polar surface area (TPSA) is 62.1 Å². The normalized spacial score (nSPS) is 10.9. The molecule has 1 N–H and O–H groups in total. The summed E-state index contributed by atoms with van der Waals surface area (Å²) in [6, 6.07) is 24.8. The fourth-order valence-corrected chi connectivity index (χ4v) is 3.13. The Balaban J connectivity index is 1.66. The van der Waals surface area contributed by atoms with E-state index in [0.717, 1.165) is 39.0 Å². The molecule has 0 aliphatic heterocycles. The third-order valence-electron chi connectivity index (χ3n) is 4.52. The number of carbonyl (C=O) groups is 1. The second-order valence-electron chi connectivity index (χ2n) is 6.62. The SMILES string of the molecule is CCc1ccccc1NC(=O)/C(C#N)=C/c1ccc(OCc2ccc(Br)cc2)cc1. The highest BCUT2D eigenvalue weighted by Gasteiger charge is 2.11. The summed E-state index contributed by atoms with van der Waals surface area (Å²) in [5, 5.41) is 12.3. The summed E-state index contributed by atoms with van der Waals surface area (Å²) in [6.07, 6.45) is 2.37. The summed E-state index contributed by atoms with van der Waals surface area (Å²) >= 11 is 3.41. The molecule has 0 atom stereocenters. The van der Waals surface area contributed by atoms with Crippen molar-refractivity contribution in [1.29, 1.82) is 5.26 Å². The van der Waals surface area contributed by atoms with Crippen molar-refractivity contribution >= 4 is 33.6 Å². The molecule has 0 heterocycles. The lowest BCUT2D eigenvalue weighted by Gasteiger charge is -2.09. The number of rotatable bonds is 7. The number of anilines is 1. The van der Waals surface area contributed by atoms with Crippen LogP contribution in [-0.2, 0) is 17.8 Å². The van der Waals surface area contributed by atoms with Crippen LogP contribution in [0.25, 0.3) is 6.08 Å². The number of nitrogens with zero attached hydrogens (tertiary/aromatic N) is 1. The highest BCUT2D eigenvalue weighted by Crippen LogP contribution is 2.19. The quantitative estimate of drug-likeness (QED) is 0.340. The number of halogens is 1. The third kappa shape index (κ3) is 5.82. The molecule has 0 spiro atoms. The van der Waals surface area contributed by atoms with Gasteiger partial charge in [0.25, 0.3) is 5.91 Å². The number of para-hydroxylation sites is 1. The van der Waals surface area contributed by atoms with E-state index in [1.165, 1.54) is 0 Å². The lowest BCUT2D eigenvalue weighted by Crippen LogP contribution is -2.14. The molecule has 3 aromatic carbocycles. The molecule has 0 aliphatic carbocycles. The van der Waals surface area contributed by atoms with Gasteiger partial charge in [0, 0.05) is 10.2 Å². The number of benzene rings is 3. The van der Waals surface area contributed by atoms with Crippen molar-refractivity contribution in [2.45, 2.75) is 20.0 Å². The van der Waals surface area contributed by atoms with Gasteiger partial charge in [0.05, 0.1) is 0 Å². The van der Waals surface area contributed by atoms with Crippen LogP contribution in [0.4, 0.5) is 5.69 Å². The Labute approximate surface area is 184 Å². The van der Waals surface area contributed by atoms with E-state index in [-0.39, 0.29) is 5.57 Å². The van der Waals surface area contributed by atoms with Crippen LogP contribution in [0.1, 0.15) is 23.6 Å². The number of hydrogen-bond donors (Lipinski definition) is 1. The molecule has 0 unspecified atom stereocenters. The van der Waals surface area contributed by atoms with Gasteiger partial charge in [0.15, 0.2) is 0 Å². The van der Waals surface area contributed by atoms with Gasteiger partial charge in [-0.05, 0) is 59.5 Å². The van der Waals surface area contributed by atoms with Crippen molar-refractivity contribution < 1.29 is 9.53 Å². The highest BCUT2D eigenvalue weighted by atomic mass is 79.9. The van der Waals surface area contributed by atoms with Gasteiger partial charge in [-0.25, -0.2) is 0 Å². The number of nitriles is 1. The number of carbonyl (C=O) groups excluding carboxylic acids is 1. The van der Waals surface area contributed by atoms with Crippen LogP contribution < -0.4 is 10.1 Å². The van der Waals surface area contributed by atoms with Gasteiger partial charge in [-0.3, -0.25) is 4.79 Å². The van der Waals surface area contributed by atoms with Crippen molar-refractivity contribution in [3.8, 4) is 11.8 Å². The summed E-state index contributed by atoms with van der Waals surface area (Å²) in [4.78, 5) is 12.5. The first-order chi connectivity index (χ1) is 14.6. The molecule has 0 fully saturated rings. The maximum Gasteiger partial charge on any atom is 0.266 e. The Morgan fingerprint density at radius 1 is 1.07 bits per heavy atom. The number of hydrogen-bond acceptors (Lipinski definition) is 3. The monoisotopic (exact) mass is 460 g/mol. The predicted octanol–water partition coefficient (Wildman–Crippen LogP) is 6.14. The maximum atomic E-state index is 12.5. The van der Waals surface area contributed by atoms with Crippen molar-refractivity contribution in [1.82, 2.24) is 0 Å². The number of nitrogens with one attached hydrogen (secondary N) is 1. The standard InChI is InChI=1S/C25H21BrN2O2/c1-2-20-5-3-4-6-24(20)28-25(29)21(16-27)15-18-9-13-23(14-10-18)30-17-19-7-11-22(26)12-8-19/h3-15H,2,17H2,1H3,(H,28,29)/b21-15+. The van der Waals surface area contributed by atoms with Crippen LogP contribution in [0.15, 0.2) is 82.8 Å². The molecule has 30 heavy (non-hydrogen) atoms. The number of ether oxygens (including phenoxy) is 1. The Kier molecular flexibility index (Phi) is 7.42. The van der Waals surface area contributed by atoms with Crippen LogP contribution >= 0.6 is 15.9 Å². The van der Waals surface area contributed by atoms with Crippen LogP contribution in [0.5, 0.6) is 5.75 Å². The third-order valence-corrected chi connectivity index (χ3v) is 5.05. The van der Waals surface area contributed by atoms with Gasteiger partial charge < -0.3 is 10.1 Å². The molecule has 3 aromatic rings. The number of aryl methyl sites for hydroxylation is 1. The Bertz CT molecular complexity index is 1080. The van der Waals surface area contributed by atoms with Crippen LogP contribution in [0, 0.1) is 11.3 Å². The van der Waals surface area contributed by atoms with E-state index in [1.54, 1.807) is 6.08 Å². The molecular weight excluding hydrogens is 440 g/mol. The predicted molar refractivity (Wildman–Crippen MR) is 123 cm³/mol. The lowest BCUT2D eigenvalue weighted by molar-refractivity contribution is -0.112. The average molecular weight is 461 g/mol. The summed E-state index contributed by atoms with van der Waals surface area (Å²) in [6.45, 7) is 2.48. The van der Waals surface area contributed by atoms with Crippen molar-refractivity contribution in [2.75, 3.05) is 5.32 Å². The van der Waals surface area contributed by atoms with E-state index < -0.39 is 5.91 Å². The fourth-order valence-electron chi connectivity index (χ4n) is 2.86. The van der Waals surface area contributed by atoms with Gasteiger partial charge in [-0.2, -0.15) is 5.26 Å². The minimum absolute atomic E-state index is 0.0458. The van der Waals surface area contributed by atoms with Crippen molar-refractivity contribution in [3.63, 3.8) is 0 Å². The zero-order chi connectivity index (χ0) is 21.3. The molecule has 1 amide bonds. The Hall–Kier alpha value is -3.36. The molecule has 0 radical (unpaired) electrons. The smallest absolute Gasteiger partial charge is 0.266 e. The van der Waals surface area contributed by atoms with Gasteiger partial charge in [0.1, 0.15) is 24.0 Å².